The number of nitrogens with one attached hydrogen (secondary N) is 1. The van der Waals surface area contributed by atoms with E-state index in [-0.39, 0.29) is 0 Å². The molecule has 94 valence electrons. The Morgan fingerprint density at radius 2 is 1.88 bits per heavy atom. The van der Waals surface area contributed by atoms with Crippen LogP contribution >= 0.6 is 0 Å². The summed E-state index contributed by atoms with van der Waals surface area (Å²) in [5.41, 5.74) is 0. The molecule has 1 aliphatic rings. The lowest BCUT2D eigenvalue weighted by molar-refractivity contribution is -0.254. The molecule has 16 heavy (non-hydrogen) atoms. The molecule has 6 N–H and O–H groups in total. The van der Waals surface area contributed by atoms with Crippen LogP contribution in [-0.2, 0) is 9.53 Å². The lowest BCUT2D eigenvalue weighted by Crippen LogP contribution is -2.63. The van der Waals surface area contributed by atoms with Gasteiger partial charge >= 0.3 is 5.97 Å². The Balaban J connectivity index is 2.60. The Bertz CT molecular complexity index is 249. The number of aliphatic hydroxyl groups is 4. The van der Waals surface area contributed by atoms with Crippen molar-refractivity contribution in [2.24, 2.45) is 0 Å². The zero-order valence-corrected chi connectivity index (χ0v) is 8.35. The van der Waals surface area contributed by atoms with Gasteiger partial charge in [0.1, 0.15) is 18.3 Å². The van der Waals surface area contributed by atoms with E-state index in [2.05, 4.69) is 5.32 Å². The third-order valence-electron chi connectivity index (χ3n) is 2.39. The van der Waals surface area contributed by atoms with Crippen LogP contribution in [0, 0.1) is 0 Å². The average Bonchev–Trinajstić information content (AvgIpc) is 2.22. The van der Waals surface area contributed by atoms with E-state index in [0.29, 0.717) is 0 Å². The minimum Gasteiger partial charge on any atom is -0.480 e. The molecule has 1 fully saturated rings. The van der Waals surface area contributed by atoms with Gasteiger partial charge in [-0.25, -0.2) is 0 Å². The van der Waals surface area contributed by atoms with Crippen molar-refractivity contribution in [3.8, 4) is 0 Å². The van der Waals surface area contributed by atoms with Gasteiger partial charge in [0.15, 0.2) is 6.29 Å². The molecule has 0 aromatic carbocycles. The molecule has 0 aromatic rings. The van der Waals surface area contributed by atoms with Crippen molar-refractivity contribution in [3.63, 3.8) is 0 Å². The zero-order valence-electron chi connectivity index (χ0n) is 8.35. The summed E-state index contributed by atoms with van der Waals surface area (Å²) < 4.78 is 4.80. The van der Waals surface area contributed by atoms with Crippen LogP contribution in [0.3, 0.4) is 0 Å². The SMILES string of the molecule is O=C(O)CN[C@@H]1[C@@H](O)[C@H](O)[C@@H](CO)O[C@H]1O. The van der Waals surface area contributed by atoms with Crippen molar-refractivity contribution in [3.05, 3.63) is 0 Å². The molecule has 0 aromatic heterocycles. The molecule has 5 atom stereocenters. The molecule has 1 heterocycles. The molecule has 0 unspecified atom stereocenters. The highest BCUT2D eigenvalue weighted by atomic mass is 16.6. The standard InChI is InChI=1S/C8H15NO7/c10-2-3-6(13)7(14)5(8(15)16-3)9-1-4(11)12/h3,5-10,13-15H,1-2H2,(H,11,12)/t3-,5-,6-,7-,8-/m1/s1. The predicted molar refractivity (Wildman–Crippen MR) is 49.4 cm³/mol. The molecular formula is C8H15NO7. The van der Waals surface area contributed by atoms with Gasteiger partial charge in [0.2, 0.25) is 0 Å². The van der Waals surface area contributed by atoms with Gasteiger partial charge in [-0.15, -0.1) is 0 Å². The Morgan fingerprint density at radius 1 is 1.25 bits per heavy atom. The maximum atomic E-state index is 10.3. The van der Waals surface area contributed by atoms with Crippen LogP contribution in [-0.4, -0.2) is 75.3 Å². The van der Waals surface area contributed by atoms with Gasteiger partial charge in [-0.05, 0) is 0 Å². The molecule has 0 amide bonds. The fraction of sp³-hybridized carbons (Fsp3) is 0.875. The number of carboxylic acids is 1. The van der Waals surface area contributed by atoms with Crippen LogP contribution < -0.4 is 5.32 Å². The monoisotopic (exact) mass is 237 g/mol. The quantitative estimate of drug-likeness (QED) is 0.295. The van der Waals surface area contributed by atoms with E-state index in [0.717, 1.165) is 0 Å². The number of aliphatic hydroxyl groups excluding tert-OH is 4. The third-order valence-corrected chi connectivity index (χ3v) is 2.39. The van der Waals surface area contributed by atoms with Crippen LogP contribution in [0.5, 0.6) is 0 Å². The summed E-state index contributed by atoms with van der Waals surface area (Å²) in [6, 6.07) is -1.12. The van der Waals surface area contributed by atoms with Gasteiger partial charge in [-0.1, -0.05) is 0 Å². The molecule has 1 rings (SSSR count). The van der Waals surface area contributed by atoms with E-state index >= 15 is 0 Å². The van der Waals surface area contributed by atoms with Crippen LogP contribution in [0.15, 0.2) is 0 Å². The van der Waals surface area contributed by atoms with Gasteiger partial charge < -0.3 is 30.3 Å². The summed E-state index contributed by atoms with van der Waals surface area (Å²) in [4.78, 5) is 10.3. The summed E-state index contributed by atoms with van der Waals surface area (Å²) in [5.74, 6) is -1.17. The highest BCUT2D eigenvalue weighted by molar-refractivity contribution is 5.69. The van der Waals surface area contributed by atoms with E-state index in [4.69, 9.17) is 14.9 Å². The second-order valence-corrected chi connectivity index (χ2v) is 3.53. The first kappa shape index (κ1) is 13.3. The fourth-order valence-electron chi connectivity index (χ4n) is 1.52. The molecular weight excluding hydrogens is 222 g/mol. The third kappa shape index (κ3) is 2.88. The number of carbonyl (C=O) groups is 1. The summed E-state index contributed by atoms with van der Waals surface area (Å²) in [6.45, 7) is -1.04. The smallest absolute Gasteiger partial charge is 0.317 e. The lowest BCUT2D eigenvalue weighted by atomic mass is 9.97. The second kappa shape index (κ2) is 5.53. The lowest BCUT2D eigenvalue weighted by Gasteiger charge is -2.40. The molecule has 8 nitrogen and oxygen atoms in total. The highest BCUT2D eigenvalue weighted by Crippen LogP contribution is 2.19. The van der Waals surface area contributed by atoms with Crippen molar-refractivity contribution in [1.82, 2.24) is 5.32 Å². The molecule has 0 saturated carbocycles. The van der Waals surface area contributed by atoms with Gasteiger partial charge in [0.05, 0.1) is 19.2 Å². The summed E-state index contributed by atoms with van der Waals surface area (Å²) in [7, 11) is 0. The minimum atomic E-state index is -1.49. The van der Waals surface area contributed by atoms with Crippen LogP contribution in [0.1, 0.15) is 0 Å². The normalized spacial score (nSPS) is 39.6. The van der Waals surface area contributed by atoms with Crippen molar-refractivity contribution in [2.45, 2.75) is 30.6 Å². The molecule has 1 saturated heterocycles. The number of ether oxygens (including phenoxy) is 1. The molecule has 0 spiro atoms. The molecule has 8 heteroatoms. The Morgan fingerprint density at radius 3 is 2.38 bits per heavy atom. The van der Waals surface area contributed by atoms with Crippen LogP contribution in [0.2, 0.25) is 0 Å². The first-order chi connectivity index (χ1) is 7.47. The molecule has 1 aliphatic heterocycles. The Hall–Kier alpha value is -0.770. The van der Waals surface area contributed by atoms with Crippen LogP contribution in [0.25, 0.3) is 0 Å². The van der Waals surface area contributed by atoms with Crippen molar-refractivity contribution < 1.29 is 35.1 Å². The van der Waals surface area contributed by atoms with E-state index in [1.807, 2.05) is 0 Å². The van der Waals surface area contributed by atoms with Gasteiger partial charge in [-0.3, -0.25) is 10.1 Å². The summed E-state index contributed by atoms with van der Waals surface area (Å²) >= 11 is 0. The van der Waals surface area contributed by atoms with Crippen molar-refractivity contribution in [2.75, 3.05) is 13.2 Å². The Labute approximate surface area is 91.1 Å². The maximum Gasteiger partial charge on any atom is 0.317 e. The zero-order chi connectivity index (χ0) is 12.3. The summed E-state index contributed by atoms with van der Waals surface area (Å²) in [5, 5.41) is 48.0. The largest absolute Gasteiger partial charge is 0.480 e. The number of aliphatic carboxylic acids is 1. The molecule has 0 radical (unpaired) electrons. The van der Waals surface area contributed by atoms with Crippen LogP contribution in [0.4, 0.5) is 0 Å². The minimum absolute atomic E-state index is 0.487. The topological polar surface area (TPSA) is 139 Å². The van der Waals surface area contributed by atoms with E-state index in [1.165, 1.54) is 0 Å². The number of hydrogen-bond acceptors (Lipinski definition) is 7. The second-order valence-electron chi connectivity index (χ2n) is 3.53. The highest BCUT2D eigenvalue weighted by Gasteiger charge is 2.43. The van der Waals surface area contributed by atoms with Gasteiger partial charge in [0.25, 0.3) is 0 Å². The van der Waals surface area contributed by atoms with Crippen molar-refractivity contribution in [1.29, 1.82) is 0 Å². The van der Waals surface area contributed by atoms with Gasteiger partial charge in [-0.2, -0.15) is 0 Å². The van der Waals surface area contributed by atoms with E-state index < -0.39 is 49.8 Å². The fourth-order valence-corrected chi connectivity index (χ4v) is 1.52. The maximum absolute atomic E-state index is 10.3. The Kier molecular flexibility index (Phi) is 4.59. The molecule has 0 bridgehead atoms. The summed E-state index contributed by atoms with van der Waals surface area (Å²) in [6.07, 6.45) is -5.39. The first-order valence-electron chi connectivity index (χ1n) is 4.73. The van der Waals surface area contributed by atoms with E-state index in [9.17, 15) is 20.1 Å². The number of hydrogen-bond donors (Lipinski definition) is 6. The van der Waals surface area contributed by atoms with Gasteiger partial charge in [0, 0.05) is 0 Å². The van der Waals surface area contributed by atoms with Crippen molar-refractivity contribution >= 4 is 5.97 Å². The number of rotatable bonds is 4. The number of carboxylic acid groups (broad SMARTS) is 1. The average molecular weight is 237 g/mol. The predicted octanol–water partition coefficient (Wildman–Crippen LogP) is -3.54. The first-order valence-corrected chi connectivity index (χ1v) is 4.73. The van der Waals surface area contributed by atoms with E-state index in [1.54, 1.807) is 0 Å². The molecule has 0 aliphatic carbocycles.